The molecule has 2 aliphatic carbocycles. The molecule has 2 heterocycles. The van der Waals surface area contributed by atoms with Crippen LogP contribution in [0.25, 0.3) is 0 Å². The smallest absolute Gasteiger partial charge is 0.112 e. The fourth-order valence-corrected chi connectivity index (χ4v) is 4.20. The largest absolute Gasteiger partial charge is 0.331 e. The SMILES string of the molecule is CCC1(Cn2c(C3CCCC3)nc3c2CCNC3)CC1. The zero-order valence-corrected chi connectivity index (χ0v) is 12.7. The molecule has 3 nitrogen and oxygen atoms in total. The van der Waals surface area contributed by atoms with Crippen LogP contribution in [0.15, 0.2) is 0 Å². The summed E-state index contributed by atoms with van der Waals surface area (Å²) >= 11 is 0. The van der Waals surface area contributed by atoms with E-state index in [2.05, 4.69) is 16.8 Å². The zero-order chi connectivity index (χ0) is 13.6. The van der Waals surface area contributed by atoms with E-state index >= 15 is 0 Å². The highest BCUT2D eigenvalue weighted by molar-refractivity contribution is 5.23. The van der Waals surface area contributed by atoms with E-state index in [1.165, 1.54) is 69.4 Å². The van der Waals surface area contributed by atoms with E-state index < -0.39 is 0 Å². The predicted molar refractivity (Wildman–Crippen MR) is 80.8 cm³/mol. The molecule has 0 spiro atoms. The third-order valence-electron chi connectivity index (χ3n) is 5.94. The van der Waals surface area contributed by atoms with Crippen molar-refractivity contribution in [2.75, 3.05) is 6.54 Å². The monoisotopic (exact) mass is 273 g/mol. The number of fused-ring (bicyclic) bond motifs is 1. The van der Waals surface area contributed by atoms with Gasteiger partial charge in [-0.15, -0.1) is 0 Å². The van der Waals surface area contributed by atoms with Crippen molar-refractivity contribution in [3.63, 3.8) is 0 Å². The lowest BCUT2D eigenvalue weighted by Crippen LogP contribution is -2.26. The van der Waals surface area contributed by atoms with Crippen LogP contribution in [0.3, 0.4) is 0 Å². The number of nitrogens with one attached hydrogen (secondary N) is 1. The summed E-state index contributed by atoms with van der Waals surface area (Å²) in [5, 5.41) is 3.49. The Bertz CT molecular complexity index is 493. The van der Waals surface area contributed by atoms with Crippen LogP contribution in [0, 0.1) is 5.41 Å². The average molecular weight is 273 g/mol. The van der Waals surface area contributed by atoms with Crippen molar-refractivity contribution in [3.05, 3.63) is 17.2 Å². The van der Waals surface area contributed by atoms with Crippen molar-refractivity contribution in [2.45, 2.75) is 77.3 Å². The topological polar surface area (TPSA) is 29.9 Å². The molecule has 0 amide bonds. The molecule has 4 rings (SSSR count). The van der Waals surface area contributed by atoms with Crippen LogP contribution >= 0.6 is 0 Å². The summed E-state index contributed by atoms with van der Waals surface area (Å²) in [5.41, 5.74) is 3.53. The van der Waals surface area contributed by atoms with E-state index in [-0.39, 0.29) is 0 Å². The molecule has 2 saturated carbocycles. The molecule has 1 aliphatic heterocycles. The van der Waals surface area contributed by atoms with Crippen LogP contribution in [0.2, 0.25) is 0 Å². The van der Waals surface area contributed by atoms with Crippen LogP contribution in [0.1, 0.15) is 75.0 Å². The number of rotatable bonds is 4. The van der Waals surface area contributed by atoms with Gasteiger partial charge in [0.1, 0.15) is 5.82 Å². The first-order valence-electron chi connectivity index (χ1n) is 8.60. The lowest BCUT2D eigenvalue weighted by atomic mass is 10.0. The molecule has 2 fully saturated rings. The lowest BCUT2D eigenvalue weighted by molar-refractivity contribution is 0.385. The molecule has 0 radical (unpaired) electrons. The Balaban J connectivity index is 1.71. The number of nitrogens with zero attached hydrogens (tertiary/aromatic N) is 2. The van der Waals surface area contributed by atoms with E-state index in [1.54, 1.807) is 5.69 Å². The third-order valence-corrected chi connectivity index (χ3v) is 5.94. The van der Waals surface area contributed by atoms with Crippen LogP contribution in [0.5, 0.6) is 0 Å². The van der Waals surface area contributed by atoms with Crippen LogP contribution in [-0.2, 0) is 19.5 Å². The Morgan fingerprint density at radius 3 is 2.80 bits per heavy atom. The molecular formula is C17H27N3. The minimum Gasteiger partial charge on any atom is -0.331 e. The summed E-state index contributed by atoms with van der Waals surface area (Å²) in [6, 6.07) is 0. The Morgan fingerprint density at radius 2 is 2.10 bits per heavy atom. The third kappa shape index (κ3) is 2.11. The van der Waals surface area contributed by atoms with Gasteiger partial charge in [0.05, 0.1) is 5.69 Å². The summed E-state index contributed by atoms with van der Waals surface area (Å²) in [6.45, 7) is 5.73. The molecule has 1 aromatic rings. The van der Waals surface area contributed by atoms with Gasteiger partial charge in [0.25, 0.3) is 0 Å². The quantitative estimate of drug-likeness (QED) is 0.911. The Labute approximate surface area is 122 Å². The molecule has 3 heteroatoms. The van der Waals surface area contributed by atoms with Crippen LogP contribution < -0.4 is 5.32 Å². The molecule has 1 aromatic heterocycles. The second kappa shape index (κ2) is 4.87. The standard InChI is InChI=1S/C17H27N3/c1-2-17(8-9-17)12-20-15-7-10-18-11-14(15)19-16(20)13-5-3-4-6-13/h13,18H,2-12H2,1H3. The summed E-state index contributed by atoms with van der Waals surface area (Å²) in [6.07, 6.45) is 10.9. The van der Waals surface area contributed by atoms with E-state index in [4.69, 9.17) is 4.98 Å². The van der Waals surface area contributed by atoms with Gasteiger partial charge in [-0.05, 0) is 37.5 Å². The molecule has 0 bridgehead atoms. The number of aromatic nitrogens is 2. The summed E-state index contributed by atoms with van der Waals surface area (Å²) in [7, 11) is 0. The first-order chi connectivity index (χ1) is 9.81. The van der Waals surface area contributed by atoms with Crippen molar-refractivity contribution in [3.8, 4) is 0 Å². The maximum atomic E-state index is 5.08. The van der Waals surface area contributed by atoms with Gasteiger partial charge in [-0.1, -0.05) is 19.8 Å². The van der Waals surface area contributed by atoms with Gasteiger partial charge in [-0.2, -0.15) is 0 Å². The maximum Gasteiger partial charge on any atom is 0.112 e. The Morgan fingerprint density at radius 1 is 1.30 bits per heavy atom. The molecule has 1 N–H and O–H groups in total. The van der Waals surface area contributed by atoms with E-state index in [9.17, 15) is 0 Å². The van der Waals surface area contributed by atoms with Crippen molar-refractivity contribution >= 4 is 0 Å². The molecule has 0 saturated heterocycles. The van der Waals surface area contributed by atoms with Crippen molar-refractivity contribution < 1.29 is 0 Å². The van der Waals surface area contributed by atoms with Crippen molar-refractivity contribution in [2.24, 2.45) is 5.41 Å². The number of hydrogen-bond donors (Lipinski definition) is 1. The molecule has 3 aliphatic rings. The van der Waals surface area contributed by atoms with E-state index in [1.807, 2.05) is 0 Å². The Hall–Kier alpha value is -0.830. The average Bonchev–Trinajstić information content (AvgIpc) is 2.90. The van der Waals surface area contributed by atoms with Gasteiger partial charge >= 0.3 is 0 Å². The molecular weight excluding hydrogens is 246 g/mol. The lowest BCUT2D eigenvalue weighted by Gasteiger charge is -2.22. The minimum atomic E-state index is 0.618. The molecule has 0 unspecified atom stereocenters. The summed E-state index contributed by atoms with van der Waals surface area (Å²) in [4.78, 5) is 5.08. The fraction of sp³-hybridized carbons (Fsp3) is 0.824. The predicted octanol–water partition coefficient (Wildman–Crippen LogP) is 3.38. The molecule has 0 aromatic carbocycles. The highest BCUT2D eigenvalue weighted by Gasteiger charge is 2.42. The molecule has 20 heavy (non-hydrogen) atoms. The minimum absolute atomic E-state index is 0.618. The van der Waals surface area contributed by atoms with E-state index in [0.717, 1.165) is 19.0 Å². The van der Waals surface area contributed by atoms with Crippen molar-refractivity contribution in [1.29, 1.82) is 0 Å². The fourth-order valence-electron chi connectivity index (χ4n) is 4.20. The highest BCUT2D eigenvalue weighted by atomic mass is 15.1. The summed E-state index contributed by atoms with van der Waals surface area (Å²) < 4.78 is 2.67. The number of imidazole rings is 1. The van der Waals surface area contributed by atoms with Crippen LogP contribution in [-0.4, -0.2) is 16.1 Å². The number of hydrogen-bond acceptors (Lipinski definition) is 2. The molecule has 110 valence electrons. The Kier molecular flexibility index (Phi) is 3.13. The maximum absolute atomic E-state index is 5.08. The van der Waals surface area contributed by atoms with E-state index in [0.29, 0.717) is 5.41 Å². The first kappa shape index (κ1) is 12.9. The van der Waals surface area contributed by atoms with Gasteiger partial charge in [-0.3, -0.25) is 0 Å². The first-order valence-corrected chi connectivity index (χ1v) is 8.60. The summed E-state index contributed by atoms with van der Waals surface area (Å²) in [5.74, 6) is 2.18. The zero-order valence-electron chi connectivity index (χ0n) is 12.7. The van der Waals surface area contributed by atoms with Gasteiger partial charge in [0, 0.05) is 37.7 Å². The second-order valence-electron chi connectivity index (χ2n) is 7.21. The second-order valence-corrected chi connectivity index (χ2v) is 7.21. The van der Waals surface area contributed by atoms with Gasteiger partial charge in [-0.25, -0.2) is 4.98 Å². The van der Waals surface area contributed by atoms with Gasteiger partial charge < -0.3 is 9.88 Å². The highest BCUT2D eigenvalue weighted by Crippen LogP contribution is 2.51. The van der Waals surface area contributed by atoms with Gasteiger partial charge in [0.2, 0.25) is 0 Å². The normalized spacial score (nSPS) is 24.9. The van der Waals surface area contributed by atoms with Gasteiger partial charge in [0.15, 0.2) is 0 Å². The molecule has 0 atom stereocenters. The van der Waals surface area contributed by atoms with Crippen molar-refractivity contribution in [1.82, 2.24) is 14.9 Å². The van der Waals surface area contributed by atoms with Crippen LogP contribution in [0.4, 0.5) is 0 Å².